The highest BCUT2D eigenvalue weighted by Gasteiger charge is 2.14. The smallest absolute Gasteiger partial charge is 0.227 e. The lowest BCUT2D eigenvalue weighted by molar-refractivity contribution is -0.118. The minimum atomic E-state index is 0.196. The summed E-state index contributed by atoms with van der Waals surface area (Å²) in [6.45, 7) is 2.87. The van der Waals surface area contributed by atoms with Crippen LogP contribution in [-0.4, -0.2) is 12.5 Å². The van der Waals surface area contributed by atoms with E-state index in [1.165, 1.54) is 5.56 Å². The zero-order chi connectivity index (χ0) is 14.2. The number of benzene rings is 2. The van der Waals surface area contributed by atoms with E-state index in [9.17, 15) is 4.79 Å². The predicted octanol–water partition coefficient (Wildman–Crippen LogP) is 4.06. The molecule has 0 saturated heterocycles. The maximum absolute atomic E-state index is 12.4. The van der Waals surface area contributed by atoms with E-state index in [0.29, 0.717) is 6.42 Å². The van der Waals surface area contributed by atoms with Crippen LogP contribution in [0.3, 0.4) is 0 Å². The Hall–Kier alpha value is -2.09. The van der Waals surface area contributed by atoms with Gasteiger partial charge in [-0.1, -0.05) is 55.5 Å². The average Bonchev–Trinajstić information content (AvgIpc) is 2.52. The van der Waals surface area contributed by atoms with Gasteiger partial charge in [0.2, 0.25) is 5.91 Å². The van der Waals surface area contributed by atoms with E-state index in [-0.39, 0.29) is 5.91 Å². The lowest BCUT2D eigenvalue weighted by Crippen LogP contribution is -2.31. The van der Waals surface area contributed by atoms with Gasteiger partial charge in [-0.3, -0.25) is 4.79 Å². The number of anilines is 1. The monoisotopic (exact) mass is 267 g/mol. The highest BCUT2D eigenvalue weighted by atomic mass is 16.2. The van der Waals surface area contributed by atoms with E-state index in [4.69, 9.17) is 0 Å². The second-order valence-electron chi connectivity index (χ2n) is 4.87. The first-order valence-electron chi connectivity index (χ1n) is 7.20. The van der Waals surface area contributed by atoms with Gasteiger partial charge in [-0.05, 0) is 30.5 Å². The Kier molecular flexibility index (Phi) is 5.36. The number of amides is 1. The zero-order valence-electron chi connectivity index (χ0n) is 12.0. The van der Waals surface area contributed by atoms with E-state index in [0.717, 1.165) is 25.1 Å². The van der Waals surface area contributed by atoms with Crippen molar-refractivity contribution in [2.75, 3.05) is 11.4 Å². The maximum atomic E-state index is 12.4. The van der Waals surface area contributed by atoms with Crippen molar-refractivity contribution in [3.63, 3.8) is 0 Å². The van der Waals surface area contributed by atoms with Crippen molar-refractivity contribution in [1.82, 2.24) is 0 Å². The molecule has 1 amide bonds. The molecule has 0 radical (unpaired) electrons. The van der Waals surface area contributed by atoms with Crippen LogP contribution in [0.1, 0.15) is 25.3 Å². The Balaban J connectivity index is 2.01. The molecular formula is C18H21NO. The van der Waals surface area contributed by atoms with Gasteiger partial charge in [0.25, 0.3) is 0 Å². The molecule has 0 bridgehead atoms. The van der Waals surface area contributed by atoms with Crippen LogP contribution in [0, 0.1) is 0 Å². The molecule has 20 heavy (non-hydrogen) atoms. The van der Waals surface area contributed by atoms with Crippen molar-refractivity contribution < 1.29 is 4.79 Å². The number of carbonyl (C=O) groups excluding carboxylic acids is 1. The number of carbonyl (C=O) groups is 1. The minimum Gasteiger partial charge on any atom is -0.312 e. The molecule has 104 valence electrons. The largest absolute Gasteiger partial charge is 0.312 e. The molecule has 0 spiro atoms. The molecule has 0 aliphatic heterocycles. The molecule has 0 aliphatic rings. The summed E-state index contributed by atoms with van der Waals surface area (Å²) < 4.78 is 0. The summed E-state index contributed by atoms with van der Waals surface area (Å²) in [6.07, 6.45) is 2.32. The van der Waals surface area contributed by atoms with Crippen LogP contribution in [0.4, 0.5) is 5.69 Å². The second-order valence-corrected chi connectivity index (χ2v) is 4.87. The van der Waals surface area contributed by atoms with E-state index < -0.39 is 0 Å². The van der Waals surface area contributed by atoms with Crippen LogP contribution in [0.25, 0.3) is 0 Å². The first-order chi connectivity index (χ1) is 9.81. The summed E-state index contributed by atoms with van der Waals surface area (Å²) in [5, 5.41) is 0. The Labute approximate surface area is 121 Å². The second kappa shape index (κ2) is 7.49. The topological polar surface area (TPSA) is 20.3 Å². The van der Waals surface area contributed by atoms with Gasteiger partial charge in [0.1, 0.15) is 0 Å². The molecule has 0 N–H and O–H groups in total. The average molecular weight is 267 g/mol. The summed E-state index contributed by atoms with van der Waals surface area (Å²) in [7, 11) is 0. The molecule has 0 aromatic heterocycles. The van der Waals surface area contributed by atoms with Crippen LogP contribution in [0.2, 0.25) is 0 Å². The molecular weight excluding hydrogens is 246 g/mol. The van der Waals surface area contributed by atoms with Gasteiger partial charge < -0.3 is 4.90 Å². The van der Waals surface area contributed by atoms with Crippen molar-refractivity contribution >= 4 is 11.6 Å². The lowest BCUT2D eigenvalue weighted by Gasteiger charge is -2.22. The van der Waals surface area contributed by atoms with Crippen LogP contribution < -0.4 is 4.90 Å². The Bertz CT molecular complexity index is 522. The summed E-state index contributed by atoms with van der Waals surface area (Å²) in [5.41, 5.74) is 2.21. The summed E-state index contributed by atoms with van der Waals surface area (Å²) in [5.74, 6) is 0.196. The number of rotatable bonds is 6. The number of para-hydroxylation sites is 1. The van der Waals surface area contributed by atoms with Gasteiger partial charge in [-0.15, -0.1) is 0 Å². The standard InChI is InChI=1S/C18H21NO/c1-2-15-19(17-11-7-4-8-12-17)18(20)14-13-16-9-5-3-6-10-16/h3-12H,2,13-15H2,1H3. The fraction of sp³-hybridized carbons (Fsp3) is 0.278. The van der Waals surface area contributed by atoms with Crippen LogP contribution in [0.15, 0.2) is 60.7 Å². The SMILES string of the molecule is CCCN(C(=O)CCc1ccccc1)c1ccccc1. The van der Waals surface area contributed by atoms with Gasteiger partial charge in [-0.25, -0.2) is 0 Å². The number of aryl methyl sites for hydroxylation is 1. The lowest BCUT2D eigenvalue weighted by atomic mass is 10.1. The Morgan fingerprint density at radius 1 is 0.950 bits per heavy atom. The van der Waals surface area contributed by atoms with Crippen LogP contribution in [0.5, 0.6) is 0 Å². The molecule has 0 unspecified atom stereocenters. The fourth-order valence-corrected chi connectivity index (χ4v) is 2.26. The molecule has 2 nitrogen and oxygen atoms in total. The molecule has 0 heterocycles. The number of hydrogen-bond donors (Lipinski definition) is 0. The van der Waals surface area contributed by atoms with E-state index in [1.54, 1.807) is 0 Å². The molecule has 2 aromatic rings. The van der Waals surface area contributed by atoms with E-state index >= 15 is 0 Å². The van der Waals surface area contributed by atoms with Gasteiger partial charge in [0.05, 0.1) is 0 Å². The van der Waals surface area contributed by atoms with Crippen molar-refractivity contribution in [2.24, 2.45) is 0 Å². The van der Waals surface area contributed by atoms with Crippen LogP contribution in [-0.2, 0) is 11.2 Å². The number of hydrogen-bond acceptors (Lipinski definition) is 1. The fourth-order valence-electron chi connectivity index (χ4n) is 2.26. The minimum absolute atomic E-state index is 0.196. The first kappa shape index (κ1) is 14.3. The van der Waals surface area contributed by atoms with Crippen molar-refractivity contribution in [3.8, 4) is 0 Å². The number of nitrogens with zero attached hydrogens (tertiary/aromatic N) is 1. The first-order valence-corrected chi connectivity index (χ1v) is 7.20. The zero-order valence-corrected chi connectivity index (χ0v) is 12.0. The Morgan fingerprint density at radius 3 is 2.15 bits per heavy atom. The summed E-state index contributed by atoms with van der Waals surface area (Å²) in [4.78, 5) is 14.3. The quantitative estimate of drug-likeness (QED) is 0.772. The highest BCUT2D eigenvalue weighted by molar-refractivity contribution is 5.93. The molecule has 2 heteroatoms. The predicted molar refractivity (Wildman–Crippen MR) is 83.8 cm³/mol. The molecule has 2 aromatic carbocycles. The maximum Gasteiger partial charge on any atom is 0.227 e. The third-order valence-corrected chi connectivity index (χ3v) is 3.29. The molecule has 0 atom stereocenters. The molecule has 0 fully saturated rings. The van der Waals surface area contributed by atoms with Crippen molar-refractivity contribution in [1.29, 1.82) is 0 Å². The van der Waals surface area contributed by atoms with Gasteiger partial charge in [-0.2, -0.15) is 0 Å². The summed E-state index contributed by atoms with van der Waals surface area (Å²) >= 11 is 0. The van der Waals surface area contributed by atoms with Gasteiger partial charge >= 0.3 is 0 Å². The van der Waals surface area contributed by atoms with E-state index in [2.05, 4.69) is 19.1 Å². The Morgan fingerprint density at radius 2 is 1.55 bits per heavy atom. The van der Waals surface area contributed by atoms with Crippen molar-refractivity contribution in [3.05, 3.63) is 66.2 Å². The third-order valence-electron chi connectivity index (χ3n) is 3.29. The normalized spacial score (nSPS) is 10.2. The summed E-state index contributed by atoms with van der Waals surface area (Å²) in [6, 6.07) is 20.1. The molecule has 2 rings (SSSR count). The van der Waals surface area contributed by atoms with Gasteiger partial charge in [0.15, 0.2) is 0 Å². The molecule has 0 aliphatic carbocycles. The van der Waals surface area contributed by atoms with Crippen molar-refractivity contribution in [2.45, 2.75) is 26.2 Å². The highest BCUT2D eigenvalue weighted by Crippen LogP contribution is 2.16. The van der Waals surface area contributed by atoms with E-state index in [1.807, 2.05) is 53.4 Å². The van der Waals surface area contributed by atoms with Crippen LogP contribution >= 0.6 is 0 Å². The molecule has 0 saturated carbocycles. The van der Waals surface area contributed by atoms with Gasteiger partial charge in [0, 0.05) is 18.7 Å². The third kappa shape index (κ3) is 3.95.